The van der Waals surface area contributed by atoms with Crippen LogP contribution in [0.1, 0.15) is 89.7 Å². The summed E-state index contributed by atoms with van der Waals surface area (Å²) in [5, 5.41) is 4.10. The van der Waals surface area contributed by atoms with Gasteiger partial charge in [0, 0.05) is 29.7 Å². The van der Waals surface area contributed by atoms with Gasteiger partial charge in [-0.2, -0.15) is 0 Å². The first-order valence-corrected chi connectivity index (χ1v) is 14.8. The number of piperidine rings is 3. The first-order chi connectivity index (χ1) is 18.5. The maximum absolute atomic E-state index is 13.3. The van der Waals surface area contributed by atoms with E-state index in [1.807, 2.05) is 30.5 Å². The third-order valence-electron chi connectivity index (χ3n) is 8.63. The second-order valence-corrected chi connectivity index (χ2v) is 11.3. The van der Waals surface area contributed by atoms with Crippen molar-refractivity contribution in [3.05, 3.63) is 48.7 Å². The molecule has 2 unspecified atom stereocenters. The zero-order valence-electron chi connectivity index (χ0n) is 24.1. The van der Waals surface area contributed by atoms with Gasteiger partial charge in [0.25, 0.3) is 0 Å². The van der Waals surface area contributed by atoms with E-state index in [0.717, 1.165) is 54.6 Å². The van der Waals surface area contributed by atoms with Crippen molar-refractivity contribution in [2.45, 2.75) is 96.2 Å². The van der Waals surface area contributed by atoms with E-state index in [0.29, 0.717) is 11.8 Å². The molecule has 6 atom stereocenters. The summed E-state index contributed by atoms with van der Waals surface area (Å²) in [4.78, 5) is 20.3. The Morgan fingerprint density at radius 3 is 2.67 bits per heavy atom. The predicted molar refractivity (Wildman–Crippen MR) is 162 cm³/mol. The van der Waals surface area contributed by atoms with Gasteiger partial charge in [0.05, 0.1) is 18.7 Å². The quantitative estimate of drug-likeness (QED) is 0.189. The van der Waals surface area contributed by atoms with Crippen LogP contribution in [0, 0.1) is 11.8 Å². The molecule has 3 aliphatic rings. The average molecular weight is 558 g/mol. The van der Waals surface area contributed by atoms with E-state index in [4.69, 9.17) is 9.47 Å². The minimum absolute atomic E-state index is 0. The second kappa shape index (κ2) is 15.5. The molecule has 1 aromatic heterocycles. The molecule has 1 amide bonds. The fraction of sp³-hybridized carbons (Fsp3) is 0.625. The van der Waals surface area contributed by atoms with Gasteiger partial charge in [-0.25, -0.2) is 4.79 Å². The molecule has 2 bridgehead atoms. The topological polar surface area (TPSA) is 63.7 Å². The zero-order valence-corrected chi connectivity index (χ0v) is 24.9. The molecule has 1 aromatic carbocycles. The molecule has 0 aliphatic carbocycles. The highest BCUT2D eigenvalue weighted by molar-refractivity contribution is 5.85. The molecular weight excluding hydrogens is 510 g/mol. The number of hydrogen-bond donors (Lipinski definition) is 1. The second-order valence-electron chi connectivity index (χ2n) is 11.3. The summed E-state index contributed by atoms with van der Waals surface area (Å²) in [6.07, 6.45) is 15.3. The van der Waals surface area contributed by atoms with E-state index in [9.17, 15) is 4.79 Å². The number of methoxy groups -OCH3 is 1. The third kappa shape index (κ3) is 8.11. The number of pyridine rings is 1. The number of unbranched alkanes of at least 4 members (excludes halogenated alkanes) is 6. The lowest BCUT2D eigenvalue weighted by Crippen LogP contribution is -2.55. The number of hydrogen-bond acceptors (Lipinski definition) is 5. The number of nitrogens with zero attached hydrogens (tertiary/aromatic N) is 2. The van der Waals surface area contributed by atoms with Crippen molar-refractivity contribution in [3.63, 3.8) is 0 Å². The molecule has 0 spiro atoms. The molecule has 0 radical (unpaired) electrons. The standard InChI is InChI=1S/C32H47N3O3.ClH/c1-5-7-8-9-10-11-12-13-23(3)34-32(36)38-31(30-20-25-17-19-35(30)22-24(25)6-2)27-16-18-33-29-15-14-26(37-4)21-28(27)29;/h6,14-16,18,21,23-25,30-31H,2,5,7-13,17,19-20,22H2,1,3-4H3,(H,34,36);1H/t23?,24-,25-,30+,31-;/m0./s1. The lowest BCUT2D eigenvalue weighted by molar-refractivity contribution is -0.0502. The van der Waals surface area contributed by atoms with E-state index in [1.54, 1.807) is 7.11 Å². The Kier molecular flexibility index (Phi) is 12.4. The predicted octanol–water partition coefficient (Wildman–Crippen LogP) is 7.86. The Labute approximate surface area is 241 Å². The molecule has 3 fully saturated rings. The number of carbonyl (C=O) groups is 1. The van der Waals surface area contributed by atoms with Crippen LogP contribution in [-0.2, 0) is 4.74 Å². The van der Waals surface area contributed by atoms with Crippen molar-refractivity contribution in [1.82, 2.24) is 15.2 Å². The summed E-state index contributed by atoms with van der Waals surface area (Å²) in [6.45, 7) is 10.4. The van der Waals surface area contributed by atoms with Crippen LogP contribution in [-0.4, -0.2) is 48.3 Å². The van der Waals surface area contributed by atoms with Crippen LogP contribution in [0.15, 0.2) is 43.1 Å². The maximum atomic E-state index is 13.3. The van der Waals surface area contributed by atoms with Crippen molar-refractivity contribution in [3.8, 4) is 5.75 Å². The average Bonchev–Trinajstić information content (AvgIpc) is 2.95. The number of carbonyl (C=O) groups excluding carboxylic acids is 1. The number of fused-ring (bicyclic) bond motifs is 4. The first-order valence-electron chi connectivity index (χ1n) is 14.8. The van der Waals surface area contributed by atoms with Crippen LogP contribution in [0.25, 0.3) is 10.9 Å². The SMILES string of the molecule is C=C[C@H]1CN2CC[C@H]1C[C@@H]2[C@@H](OC(=O)NC(C)CCCCCCCCC)c1ccnc2ccc(OC)cc12.Cl. The summed E-state index contributed by atoms with van der Waals surface area (Å²) < 4.78 is 11.9. The smallest absolute Gasteiger partial charge is 0.408 e. The number of ether oxygens (including phenoxy) is 2. The minimum atomic E-state index is -0.382. The summed E-state index contributed by atoms with van der Waals surface area (Å²) in [6, 6.07) is 8.13. The maximum Gasteiger partial charge on any atom is 0.408 e. The molecular formula is C32H48ClN3O3. The van der Waals surface area contributed by atoms with Gasteiger partial charge < -0.3 is 14.8 Å². The van der Waals surface area contributed by atoms with Crippen molar-refractivity contribution >= 4 is 29.4 Å². The van der Waals surface area contributed by atoms with Crippen LogP contribution >= 0.6 is 12.4 Å². The fourth-order valence-electron chi connectivity index (χ4n) is 6.39. The summed E-state index contributed by atoms with van der Waals surface area (Å²) in [7, 11) is 1.67. The molecule has 3 aliphatic heterocycles. The summed E-state index contributed by atoms with van der Waals surface area (Å²) >= 11 is 0. The summed E-state index contributed by atoms with van der Waals surface area (Å²) in [5.41, 5.74) is 1.88. The van der Waals surface area contributed by atoms with Gasteiger partial charge in [-0.15, -0.1) is 19.0 Å². The van der Waals surface area contributed by atoms with E-state index >= 15 is 0 Å². The Balaban J connectivity index is 0.00000420. The number of alkyl carbamates (subject to hydrolysis) is 1. The van der Waals surface area contributed by atoms with Crippen molar-refractivity contribution in [1.29, 1.82) is 0 Å². The molecule has 39 heavy (non-hydrogen) atoms. The highest BCUT2D eigenvalue weighted by atomic mass is 35.5. The fourth-order valence-corrected chi connectivity index (χ4v) is 6.39. The number of amides is 1. The lowest BCUT2D eigenvalue weighted by Gasteiger charge is -2.51. The van der Waals surface area contributed by atoms with Crippen LogP contribution in [0.4, 0.5) is 4.79 Å². The normalized spacial score (nSPS) is 23.5. The highest BCUT2D eigenvalue weighted by Gasteiger charge is 2.44. The molecule has 4 heterocycles. The lowest BCUT2D eigenvalue weighted by atomic mass is 9.73. The Morgan fingerprint density at radius 2 is 1.97 bits per heavy atom. The van der Waals surface area contributed by atoms with Crippen molar-refractivity contribution in [2.75, 3.05) is 20.2 Å². The Morgan fingerprint density at radius 1 is 1.21 bits per heavy atom. The van der Waals surface area contributed by atoms with Crippen LogP contribution < -0.4 is 10.1 Å². The van der Waals surface area contributed by atoms with Gasteiger partial charge in [0.15, 0.2) is 0 Å². The molecule has 7 heteroatoms. The number of rotatable bonds is 14. The van der Waals surface area contributed by atoms with Gasteiger partial charge in [0.2, 0.25) is 0 Å². The van der Waals surface area contributed by atoms with Gasteiger partial charge in [0.1, 0.15) is 11.9 Å². The van der Waals surface area contributed by atoms with Gasteiger partial charge >= 0.3 is 6.09 Å². The van der Waals surface area contributed by atoms with Crippen molar-refractivity contribution in [2.24, 2.45) is 11.8 Å². The van der Waals surface area contributed by atoms with Crippen molar-refractivity contribution < 1.29 is 14.3 Å². The minimum Gasteiger partial charge on any atom is -0.497 e. The van der Waals surface area contributed by atoms with Crippen LogP contribution in [0.2, 0.25) is 0 Å². The monoisotopic (exact) mass is 557 g/mol. The number of nitrogens with one attached hydrogen (secondary N) is 1. The Bertz CT molecular complexity index is 1060. The van der Waals surface area contributed by atoms with E-state index in [2.05, 4.69) is 41.7 Å². The number of aromatic nitrogens is 1. The molecule has 1 N–H and O–H groups in total. The van der Waals surface area contributed by atoms with Gasteiger partial charge in [-0.3, -0.25) is 9.88 Å². The first kappa shape index (κ1) is 31.2. The van der Waals surface area contributed by atoms with Crippen LogP contribution in [0.3, 0.4) is 0 Å². The van der Waals surface area contributed by atoms with E-state index in [1.165, 1.54) is 44.9 Å². The van der Waals surface area contributed by atoms with Crippen LogP contribution in [0.5, 0.6) is 5.75 Å². The highest BCUT2D eigenvalue weighted by Crippen LogP contribution is 2.43. The van der Waals surface area contributed by atoms with E-state index in [-0.39, 0.29) is 36.7 Å². The molecule has 216 valence electrons. The molecule has 0 saturated carbocycles. The molecule has 5 rings (SSSR count). The molecule has 3 saturated heterocycles. The number of benzene rings is 1. The molecule has 2 aromatic rings. The van der Waals surface area contributed by atoms with E-state index < -0.39 is 0 Å². The Hall–Kier alpha value is -2.31. The van der Waals surface area contributed by atoms with Gasteiger partial charge in [-0.05, 0) is 68.8 Å². The number of halogens is 1. The zero-order chi connectivity index (χ0) is 26.9. The largest absolute Gasteiger partial charge is 0.497 e. The summed E-state index contributed by atoms with van der Waals surface area (Å²) in [5.74, 6) is 1.86. The third-order valence-corrected chi connectivity index (χ3v) is 8.63. The molecule has 6 nitrogen and oxygen atoms in total. The van der Waals surface area contributed by atoms with Gasteiger partial charge in [-0.1, -0.05) is 57.9 Å².